The van der Waals surface area contributed by atoms with Gasteiger partial charge in [-0.1, -0.05) is 58.8 Å². The molecule has 2 atom stereocenters. The van der Waals surface area contributed by atoms with Gasteiger partial charge in [-0.3, -0.25) is 0 Å². The van der Waals surface area contributed by atoms with Gasteiger partial charge in [-0.15, -0.1) is 0 Å². The monoisotopic (exact) mass is 168 g/mol. The van der Waals surface area contributed by atoms with E-state index in [0.29, 0.717) is 0 Å². The van der Waals surface area contributed by atoms with Crippen molar-refractivity contribution in [2.75, 3.05) is 0 Å². The van der Waals surface area contributed by atoms with Crippen molar-refractivity contribution in [3.05, 3.63) is 0 Å². The van der Waals surface area contributed by atoms with Crippen LogP contribution >= 0.6 is 0 Å². The summed E-state index contributed by atoms with van der Waals surface area (Å²) in [5.41, 5.74) is 0. The Morgan fingerprint density at radius 2 is 1.42 bits per heavy atom. The van der Waals surface area contributed by atoms with Gasteiger partial charge < -0.3 is 0 Å². The molecule has 1 fully saturated rings. The average molecular weight is 168 g/mol. The second-order valence-corrected chi connectivity index (χ2v) is 4.39. The maximum Gasteiger partial charge on any atom is -0.0383 e. The topological polar surface area (TPSA) is 0 Å². The molecule has 0 heteroatoms. The fourth-order valence-electron chi connectivity index (χ4n) is 2.14. The van der Waals surface area contributed by atoms with Gasteiger partial charge in [-0.05, 0) is 18.3 Å². The van der Waals surface area contributed by atoms with E-state index >= 15 is 0 Å². The number of rotatable bonds is 7. The molecule has 12 heavy (non-hydrogen) atoms. The Morgan fingerprint density at radius 1 is 0.833 bits per heavy atom. The van der Waals surface area contributed by atoms with Crippen molar-refractivity contribution in [3.63, 3.8) is 0 Å². The molecular weight excluding hydrogens is 144 g/mol. The highest BCUT2D eigenvalue weighted by Gasteiger charge is 2.34. The summed E-state index contributed by atoms with van der Waals surface area (Å²) in [4.78, 5) is 0. The highest BCUT2D eigenvalue weighted by atomic mass is 14.4. The predicted molar refractivity (Wildman–Crippen MR) is 55.3 cm³/mol. The molecular formula is C12H24. The van der Waals surface area contributed by atoms with E-state index in [1.165, 1.54) is 44.9 Å². The minimum Gasteiger partial charge on any atom is -0.0654 e. The highest BCUT2D eigenvalue weighted by Crippen LogP contribution is 2.45. The first kappa shape index (κ1) is 10.1. The summed E-state index contributed by atoms with van der Waals surface area (Å²) >= 11 is 0. The lowest BCUT2D eigenvalue weighted by molar-refractivity contribution is 0.548. The Kier molecular flexibility index (Phi) is 4.72. The largest absolute Gasteiger partial charge is 0.0654 e. The summed E-state index contributed by atoms with van der Waals surface area (Å²) in [6.07, 6.45) is 11.8. The SMILES string of the molecule is CCCCC[C@@H]1C[C@@H]1CCCC. The van der Waals surface area contributed by atoms with Crippen LogP contribution in [0.1, 0.15) is 65.2 Å². The van der Waals surface area contributed by atoms with E-state index in [2.05, 4.69) is 13.8 Å². The first-order valence-electron chi connectivity index (χ1n) is 5.88. The fraction of sp³-hybridized carbons (Fsp3) is 1.00. The third-order valence-corrected chi connectivity index (χ3v) is 3.18. The molecule has 0 aliphatic heterocycles. The molecule has 0 spiro atoms. The quantitative estimate of drug-likeness (QED) is 0.494. The lowest BCUT2D eigenvalue weighted by atomic mass is 10.1. The van der Waals surface area contributed by atoms with Crippen LogP contribution in [0.5, 0.6) is 0 Å². The molecule has 0 N–H and O–H groups in total. The third-order valence-electron chi connectivity index (χ3n) is 3.18. The maximum absolute atomic E-state index is 2.30. The molecule has 0 nitrogen and oxygen atoms in total. The molecule has 0 unspecified atom stereocenters. The molecule has 0 saturated heterocycles. The van der Waals surface area contributed by atoms with Gasteiger partial charge >= 0.3 is 0 Å². The fourth-order valence-corrected chi connectivity index (χ4v) is 2.14. The second kappa shape index (κ2) is 5.61. The molecule has 0 aromatic carbocycles. The summed E-state index contributed by atoms with van der Waals surface area (Å²) in [5.74, 6) is 2.28. The first-order valence-corrected chi connectivity index (χ1v) is 5.88. The maximum atomic E-state index is 2.30. The molecule has 1 saturated carbocycles. The Hall–Kier alpha value is 0. The van der Waals surface area contributed by atoms with Crippen LogP contribution in [0.4, 0.5) is 0 Å². The Bertz CT molecular complexity index is 107. The van der Waals surface area contributed by atoms with Gasteiger partial charge in [0.2, 0.25) is 0 Å². The second-order valence-electron chi connectivity index (χ2n) is 4.39. The van der Waals surface area contributed by atoms with Crippen LogP contribution in [-0.4, -0.2) is 0 Å². The molecule has 0 bridgehead atoms. The predicted octanol–water partition coefficient (Wildman–Crippen LogP) is 4.39. The molecule has 1 aliphatic rings. The van der Waals surface area contributed by atoms with E-state index in [4.69, 9.17) is 0 Å². The van der Waals surface area contributed by atoms with Crippen molar-refractivity contribution in [1.82, 2.24) is 0 Å². The Balaban J connectivity index is 1.86. The first-order chi connectivity index (χ1) is 5.88. The molecule has 1 aliphatic carbocycles. The van der Waals surface area contributed by atoms with E-state index in [-0.39, 0.29) is 0 Å². The summed E-state index contributed by atoms with van der Waals surface area (Å²) in [6, 6.07) is 0. The molecule has 1 rings (SSSR count). The van der Waals surface area contributed by atoms with Gasteiger partial charge in [0.25, 0.3) is 0 Å². The van der Waals surface area contributed by atoms with Gasteiger partial charge in [0.05, 0.1) is 0 Å². The molecule has 0 amide bonds. The van der Waals surface area contributed by atoms with Gasteiger partial charge in [0.15, 0.2) is 0 Å². The minimum atomic E-state index is 1.14. The van der Waals surface area contributed by atoms with Crippen LogP contribution in [-0.2, 0) is 0 Å². The number of unbranched alkanes of at least 4 members (excludes halogenated alkanes) is 3. The average Bonchev–Trinajstić information content (AvgIpc) is 2.81. The molecule has 0 aromatic rings. The molecule has 0 heterocycles. The summed E-state index contributed by atoms with van der Waals surface area (Å²) < 4.78 is 0. The van der Waals surface area contributed by atoms with Gasteiger partial charge in [-0.2, -0.15) is 0 Å². The van der Waals surface area contributed by atoms with Gasteiger partial charge in [0, 0.05) is 0 Å². The van der Waals surface area contributed by atoms with E-state index in [1.54, 1.807) is 6.42 Å². The van der Waals surface area contributed by atoms with E-state index in [9.17, 15) is 0 Å². The summed E-state index contributed by atoms with van der Waals surface area (Å²) in [7, 11) is 0. The molecule has 0 radical (unpaired) electrons. The van der Waals surface area contributed by atoms with Crippen LogP contribution in [0.2, 0.25) is 0 Å². The van der Waals surface area contributed by atoms with Crippen molar-refractivity contribution in [3.8, 4) is 0 Å². The van der Waals surface area contributed by atoms with Crippen LogP contribution in [0.25, 0.3) is 0 Å². The standard InChI is InChI=1S/C12H24/c1-3-5-7-9-12-10-11(12)8-6-4-2/h11-12H,3-10H2,1-2H3/t11-,12+/m0/s1. The zero-order valence-electron chi connectivity index (χ0n) is 8.81. The van der Waals surface area contributed by atoms with Gasteiger partial charge in [-0.25, -0.2) is 0 Å². The van der Waals surface area contributed by atoms with Gasteiger partial charge in [0.1, 0.15) is 0 Å². The van der Waals surface area contributed by atoms with E-state index < -0.39 is 0 Å². The highest BCUT2D eigenvalue weighted by molar-refractivity contribution is 4.85. The Morgan fingerprint density at radius 3 is 2.00 bits per heavy atom. The Labute approximate surface area is 77.7 Å². The third kappa shape index (κ3) is 3.60. The van der Waals surface area contributed by atoms with E-state index in [0.717, 1.165) is 11.8 Å². The lowest BCUT2D eigenvalue weighted by Gasteiger charge is -1.98. The van der Waals surface area contributed by atoms with Crippen LogP contribution in [0.15, 0.2) is 0 Å². The van der Waals surface area contributed by atoms with Crippen molar-refractivity contribution >= 4 is 0 Å². The number of hydrogen-bond donors (Lipinski definition) is 0. The van der Waals surface area contributed by atoms with Crippen molar-refractivity contribution in [2.24, 2.45) is 11.8 Å². The smallest absolute Gasteiger partial charge is 0.0383 e. The van der Waals surface area contributed by atoms with Crippen molar-refractivity contribution < 1.29 is 0 Å². The van der Waals surface area contributed by atoms with Crippen LogP contribution < -0.4 is 0 Å². The van der Waals surface area contributed by atoms with Crippen LogP contribution in [0.3, 0.4) is 0 Å². The summed E-state index contributed by atoms with van der Waals surface area (Å²) in [5, 5.41) is 0. The zero-order valence-corrected chi connectivity index (χ0v) is 8.81. The normalized spacial score (nSPS) is 27.5. The lowest BCUT2D eigenvalue weighted by Crippen LogP contribution is -1.84. The zero-order chi connectivity index (χ0) is 8.81. The van der Waals surface area contributed by atoms with Crippen molar-refractivity contribution in [1.29, 1.82) is 0 Å². The minimum absolute atomic E-state index is 1.14. The summed E-state index contributed by atoms with van der Waals surface area (Å²) in [6.45, 7) is 4.59. The number of hydrogen-bond acceptors (Lipinski definition) is 0. The van der Waals surface area contributed by atoms with E-state index in [1.807, 2.05) is 0 Å². The molecule has 0 aromatic heterocycles. The van der Waals surface area contributed by atoms with Crippen molar-refractivity contribution in [2.45, 2.75) is 65.2 Å². The van der Waals surface area contributed by atoms with Crippen LogP contribution in [0, 0.1) is 11.8 Å². The molecule has 72 valence electrons.